The van der Waals surface area contributed by atoms with Gasteiger partial charge in [-0.05, 0) is 44.9 Å². The molecule has 1 fully saturated rings. The number of aliphatic imine (C=N–C) groups is 1. The lowest BCUT2D eigenvalue weighted by Crippen LogP contribution is -2.47. The van der Waals surface area contributed by atoms with E-state index in [0.717, 1.165) is 70.5 Å². The van der Waals surface area contributed by atoms with Gasteiger partial charge >= 0.3 is 0 Å². The van der Waals surface area contributed by atoms with E-state index in [1.54, 1.807) is 0 Å². The predicted octanol–water partition coefficient (Wildman–Crippen LogP) is 4.07. The zero-order valence-corrected chi connectivity index (χ0v) is 18.6. The van der Waals surface area contributed by atoms with Crippen LogP contribution in [0.5, 0.6) is 0 Å². The molecule has 0 aromatic carbocycles. The third kappa shape index (κ3) is 6.80. The van der Waals surface area contributed by atoms with Crippen LogP contribution in [-0.2, 0) is 0 Å². The van der Waals surface area contributed by atoms with E-state index in [2.05, 4.69) is 61.9 Å². The molecule has 1 unspecified atom stereocenters. The predicted molar refractivity (Wildman–Crippen MR) is 128 cm³/mol. The highest BCUT2D eigenvalue weighted by molar-refractivity contribution is 5.90. The van der Waals surface area contributed by atoms with E-state index in [0.29, 0.717) is 5.92 Å². The van der Waals surface area contributed by atoms with Crippen molar-refractivity contribution in [2.75, 3.05) is 39.8 Å². The van der Waals surface area contributed by atoms with Gasteiger partial charge in [0.05, 0.1) is 5.71 Å². The summed E-state index contributed by atoms with van der Waals surface area (Å²) in [7, 11) is 2.06. The van der Waals surface area contributed by atoms with Gasteiger partial charge in [-0.3, -0.25) is 9.89 Å². The van der Waals surface area contributed by atoms with Crippen LogP contribution in [0.4, 0.5) is 0 Å². The molecule has 0 radical (unpaired) electrons. The van der Waals surface area contributed by atoms with Gasteiger partial charge in [0.1, 0.15) is 0 Å². The maximum Gasteiger partial charge on any atom is 0.0552 e. The van der Waals surface area contributed by atoms with E-state index in [4.69, 9.17) is 0 Å². The minimum atomic E-state index is 0.500. The average Bonchev–Trinajstić information content (AvgIpc) is 3.04. The second kappa shape index (κ2) is 11.6. The van der Waals surface area contributed by atoms with Crippen LogP contribution in [0.1, 0.15) is 39.0 Å². The Morgan fingerprint density at radius 1 is 1.30 bits per heavy atom. The Kier molecular flexibility index (Phi) is 8.63. The van der Waals surface area contributed by atoms with E-state index in [1.165, 1.54) is 11.4 Å². The lowest BCUT2D eigenvalue weighted by atomic mass is 9.95. The van der Waals surface area contributed by atoms with Gasteiger partial charge in [0.25, 0.3) is 0 Å². The van der Waals surface area contributed by atoms with Crippen molar-refractivity contribution >= 4 is 18.1 Å². The maximum atomic E-state index is 4.45. The van der Waals surface area contributed by atoms with Crippen molar-refractivity contribution < 1.29 is 0 Å². The van der Waals surface area contributed by atoms with Crippen molar-refractivity contribution in [2.24, 2.45) is 21.1 Å². The third-order valence-corrected chi connectivity index (χ3v) is 5.90. The number of piperazine rings is 1. The maximum absolute atomic E-state index is 4.45. The minimum Gasteiger partial charge on any atom is -0.369 e. The molecule has 3 aliphatic rings. The topological polar surface area (TPSA) is 46.8 Å². The summed E-state index contributed by atoms with van der Waals surface area (Å²) < 4.78 is 0. The highest BCUT2D eigenvalue weighted by Gasteiger charge is 2.21. The molecule has 1 saturated heterocycles. The molecule has 3 aliphatic heterocycles. The first-order chi connectivity index (χ1) is 14.7. The van der Waals surface area contributed by atoms with Crippen LogP contribution < -0.4 is 0 Å². The SMILES string of the molecule is C=C(CCCC1C=NN=C(CN2CCN(C3=CCC=NC=C3)CC2)C1)N(C)C=CC. The molecule has 1 atom stereocenters. The fourth-order valence-electron chi connectivity index (χ4n) is 4.09. The van der Waals surface area contributed by atoms with Gasteiger partial charge in [-0.15, -0.1) is 0 Å². The van der Waals surface area contributed by atoms with E-state index in [1.807, 2.05) is 31.6 Å². The Labute approximate surface area is 181 Å². The van der Waals surface area contributed by atoms with Crippen LogP contribution in [0.2, 0.25) is 0 Å². The third-order valence-electron chi connectivity index (χ3n) is 5.90. The summed E-state index contributed by atoms with van der Waals surface area (Å²) in [6, 6.07) is 0. The molecule has 0 saturated carbocycles. The Hall–Kier alpha value is -2.47. The Balaban J connectivity index is 1.37. The molecule has 0 amide bonds. The summed E-state index contributed by atoms with van der Waals surface area (Å²) in [5.41, 5.74) is 3.69. The number of rotatable bonds is 9. The summed E-state index contributed by atoms with van der Waals surface area (Å²) in [5, 5.41) is 8.76. The van der Waals surface area contributed by atoms with Crippen LogP contribution in [0, 0.1) is 5.92 Å². The Morgan fingerprint density at radius 2 is 2.13 bits per heavy atom. The second-order valence-corrected chi connectivity index (χ2v) is 8.22. The zero-order valence-electron chi connectivity index (χ0n) is 18.6. The summed E-state index contributed by atoms with van der Waals surface area (Å²) >= 11 is 0. The first-order valence-electron chi connectivity index (χ1n) is 11.1. The molecule has 30 heavy (non-hydrogen) atoms. The van der Waals surface area contributed by atoms with Crippen molar-refractivity contribution in [3.63, 3.8) is 0 Å². The van der Waals surface area contributed by atoms with Crippen LogP contribution in [0.15, 0.2) is 63.8 Å². The van der Waals surface area contributed by atoms with Gasteiger partial charge < -0.3 is 9.80 Å². The fourth-order valence-corrected chi connectivity index (χ4v) is 4.09. The smallest absolute Gasteiger partial charge is 0.0552 e. The molecule has 0 aromatic heterocycles. The molecule has 6 nitrogen and oxygen atoms in total. The number of allylic oxidation sites excluding steroid dienone is 4. The van der Waals surface area contributed by atoms with Gasteiger partial charge in [0.15, 0.2) is 0 Å². The van der Waals surface area contributed by atoms with E-state index >= 15 is 0 Å². The normalized spacial score (nSPS) is 22.2. The number of nitrogens with zero attached hydrogens (tertiary/aromatic N) is 6. The van der Waals surface area contributed by atoms with E-state index in [9.17, 15) is 0 Å². The molecular formula is C24H36N6. The highest BCUT2D eigenvalue weighted by Crippen LogP contribution is 2.19. The molecule has 6 heteroatoms. The average molecular weight is 409 g/mol. The second-order valence-electron chi connectivity index (χ2n) is 8.22. The lowest BCUT2D eigenvalue weighted by Gasteiger charge is -2.37. The number of hydrogen-bond acceptors (Lipinski definition) is 6. The highest BCUT2D eigenvalue weighted by atomic mass is 15.3. The summed E-state index contributed by atoms with van der Waals surface area (Å²) in [6.45, 7) is 11.4. The monoisotopic (exact) mass is 408 g/mol. The molecule has 0 aliphatic carbocycles. The molecule has 0 bridgehead atoms. The Morgan fingerprint density at radius 3 is 2.93 bits per heavy atom. The van der Waals surface area contributed by atoms with Gasteiger partial charge in [-0.1, -0.05) is 18.7 Å². The van der Waals surface area contributed by atoms with Crippen LogP contribution in [0.3, 0.4) is 0 Å². The minimum absolute atomic E-state index is 0.500. The zero-order chi connectivity index (χ0) is 21.2. The molecular weight excluding hydrogens is 372 g/mol. The molecule has 0 N–H and O–H groups in total. The van der Waals surface area contributed by atoms with Gasteiger partial charge in [0, 0.05) is 82.1 Å². The van der Waals surface area contributed by atoms with E-state index in [-0.39, 0.29) is 0 Å². The molecule has 3 rings (SSSR count). The summed E-state index contributed by atoms with van der Waals surface area (Å²) in [5.74, 6) is 0.500. The largest absolute Gasteiger partial charge is 0.369 e. The van der Waals surface area contributed by atoms with Crippen LogP contribution in [-0.4, -0.2) is 72.6 Å². The van der Waals surface area contributed by atoms with Crippen molar-refractivity contribution in [1.29, 1.82) is 0 Å². The van der Waals surface area contributed by atoms with Crippen molar-refractivity contribution in [1.82, 2.24) is 14.7 Å². The van der Waals surface area contributed by atoms with Crippen molar-refractivity contribution in [2.45, 2.75) is 39.0 Å². The molecule has 3 heterocycles. The van der Waals surface area contributed by atoms with Crippen LogP contribution >= 0.6 is 0 Å². The Bertz CT molecular complexity index is 750. The molecule has 0 spiro atoms. The lowest BCUT2D eigenvalue weighted by molar-refractivity contribution is 0.178. The summed E-state index contributed by atoms with van der Waals surface area (Å²) in [6.07, 6.45) is 19.6. The first-order valence-corrected chi connectivity index (χ1v) is 11.1. The first kappa shape index (κ1) is 22.2. The fraction of sp³-hybridized carbons (Fsp3) is 0.542. The molecule has 0 aromatic rings. The summed E-state index contributed by atoms with van der Waals surface area (Å²) in [4.78, 5) is 11.3. The van der Waals surface area contributed by atoms with Gasteiger partial charge in [-0.2, -0.15) is 10.2 Å². The van der Waals surface area contributed by atoms with E-state index < -0.39 is 0 Å². The van der Waals surface area contributed by atoms with Gasteiger partial charge in [0.2, 0.25) is 0 Å². The van der Waals surface area contributed by atoms with Crippen LogP contribution in [0.25, 0.3) is 0 Å². The molecule has 162 valence electrons. The van der Waals surface area contributed by atoms with Gasteiger partial charge in [-0.25, -0.2) is 0 Å². The standard InChI is InChI=1S/C24H36N6/c1-4-13-28(3)21(2)7-5-8-22-18-23(27-26-19-22)20-29-14-16-30(17-15-29)24-9-6-11-25-12-10-24/h4,9-13,19,22H,2,5-8,14-18,20H2,1,3H3. The van der Waals surface area contributed by atoms with Crippen molar-refractivity contribution in [3.8, 4) is 0 Å². The quantitative estimate of drug-likeness (QED) is 0.578. The van der Waals surface area contributed by atoms with Crippen molar-refractivity contribution in [3.05, 3.63) is 48.6 Å². The number of hydrogen-bond donors (Lipinski definition) is 0.